The lowest BCUT2D eigenvalue weighted by molar-refractivity contribution is -0.147. The molecule has 4 atom stereocenters. The molecule has 2 heterocycles. The minimum absolute atomic E-state index is 0.158. The van der Waals surface area contributed by atoms with Gasteiger partial charge in [0.05, 0.1) is 29.7 Å². The van der Waals surface area contributed by atoms with Gasteiger partial charge in [-0.25, -0.2) is 0 Å². The quantitative estimate of drug-likeness (QED) is 0.826. The molecule has 0 saturated carbocycles. The molecule has 2 saturated heterocycles. The number of anilines is 1. The van der Waals surface area contributed by atoms with E-state index in [0.717, 1.165) is 0 Å². The lowest BCUT2D eigenvalue weighted by Crippen LogP contribution is -2.41. The fourth-order valence-electron chi connectivity index (χ4n) is 3.44. The predicted octanol–water partition coefficient (Wildman–Crippen LogP) is 1.71. The van der Waals surface area contributed by atoms with E-state index in [1.54, 1.807) is 24.3 Å². The lowest BCUT2D eigenvalue weighted by Gasteiger charge is -2.24. The maximum absolute atomic E-state index is 12.5. The number of rotatable bonds is 4. The van der Waals surface area contributed by atoms with E-state index in [4.69, 9.17) is 4.74 Å². The van der Waals surface area contributed by atoms with E-state index in [9.17, 15) is 19.5 Å². The molecule has 3 rings (SSSR count). The van der Waals surface area contributed by atoms with Gasteiger partial charge in [-0.2, -0.15) is 0 Å². The molecule has 2 N–H and O–H groups in total. The van der Waals surface area contributed by atoms with Crippen LogP contribution in [0.1, 0.15) is 30.1 Å². The van der Waals surface area contributed by atoms with Gasteiger partial charge in [0.15, 0.2) is 5.78 Å². The Kier molecular flexibility index (Phi) is 3.70. The number of amides is 1. The lowest BCUT2D eigenvalue weighted by atomic mass is 9.78. The number of ketones is 1. The summed E-state index contributed by atoms with van der Waals surface area (Å²) in [6, 6.07) is 6.70. The molecule has 0 radical (unpaired) electrons. The summed E-state index contributed by atoms with van der Waals surface area (Å²) in [6.07, 6.45) is 0.632. The summed E-state index contributed by atoms with van der Waals surface area (Å²) in [5.74, 6) is -3.09. The first-order chi connectivity index (χ1) is 10.5. The summed E-state index contributed by atoms with van der Waals surface area (Å²) in [4.78, 5) is 35.5. The molecule has 1 aromatic carbocycles. The highest BCUT2D eigenvalue weighted by Crippen LogP contribution is 2.44. The van der Waals surface area contributed by atoms with Gasteiger partial charge in [-0.05, 0) is 31.9 Å². The first-order valence-corrected chi connectivity index (χ1v) is 7.28. The molecule has 6 heteroatoms. The summed E-state index contributed by atoms with van der Waals surface area (Å²) in [6.45, 7) is 1.42. The van der Waals surface area contributed by atoms with Crippen molar-refractivity contribution in [2.75, 3.05) is 5.32 Å². The van der Waals surface area contributed by atoms with Crippen LogP contribution in [0.5, 0.6) is 0 Å². The highest BCUT2D eigenvalue weighted by Gasteiger charge is 2.55. The molecule has 2 bridgehead atoms. The molecule has 0 aromatic heterocycles. The van der Waals surface area contributed by atoms with E-state index in [2.05, 4.69) is 5.32 Å². The van der Waals surface area contributed by atoms with Gasteiger partial charge in [-0.15, -0.1) is 0 Å². The van der Waals surface area contributed by atoms with Gasteiger partial charge in [0.2, 0.25) is 5.91 Å². The summed E-state index contributed by atoms with van der Waals surface area (Å²) in [7, 11) is 0. The Bertz CT molecular complexity index is 641. The normalized spacial score (nSPS) is 29.3. The second kappa shape index (κ2) is 5.53. The Balaban J connectivity index is 1.83. The largest absolute Gasteiger partial charge is 0.481 e. The van der Waals surface area contributed by atoms with Crippen LogP contribution in [0.3, 0.4) is 0 Å². The minimum Gasteiger partial charge on any atom is -0.481 e. The molecule has 0 spiro atoms. The van der Waals surface area contributed by atoms with E-state index in [0.29, 0.717) is 24.1 Å². The topological polar surface area (TPSA) is 92.7 Å². The smallest absolute Gasteiger partial charge is 0.310 e. The molecule has 22 heavy (non-hydrogen) atoms. The van der Waals surface area contributed by atoms with Crippen LogP contribution in [-0.4, -0.2) is 35.0 Å². The molecule has 0 unspecified atom stereocenters. The molecule has 2 aliphatic rings. The number of carbonyl (C=O) groups excluding carboxylic acids is 2. The number of carbonyl (C=O) groups is 3. The minimum atomic E-state index is -1.01. The van der Waals surface area contributed by atoms with E-state index in [-0.39, 0.29) is 18.0 Å². The fraction of sp³-hybridized carbons (Fsp3) is 0.438. The van der Waals surface area contributed by atoms with Gasteiger partial charge in [-0.3, -0.25) is 14.4 Å². The Morgan fingerprint density at radius 1 is 1.14 bits per heavy atom. The number of hydrogen-bond acceptors (Lipinski definition) is 4. The monoisotopic (exact) mass is 303 g/mol. The maximum atomic E-state index is 12.5. The Hall–Kier alpha value is -2.21. The van der Waals surface area contributed by atoms with Gasteiger partial charge >= 0.3 is 5.97 Å². The zero-order valence-corrected chi connectivity index (χ0v) is 12.1. The van der Waals surface area contributed by atoms with Gasteiger partial charge in [-0.1, -0.05) is 12.1 Å². The highest BCUT2D eigenvalue weighted by molar-refractivity contribution is 6.05. The van der Waals surface area contributed by atoms with Crippen molar-refractivity contribution in [3.63, 3.8) is 0 Å². The molecule has 1 amide bonds. The number of fused-ring (bicyclic) bond motifs is 2. The number of hydrogen-bond donors (Lipinski definition) is 2. The molecule has 2 aliphatic heterocycles. The zero-order chi connectivity index (χ0) is 15.9. The van der Waals surface area contributed by atoms with E-state index in [1.807, 2.05) is 0 Å². The molecule has 2 fully saturated rings. The fourth-order valence-corrected chi connectivity index (χ4v) is 3.44. The van der Waals surface area contributed by atoms with Crippen LogP contribution >= 0.6 is 0 Å². The van der Waals surface area contributed by atoms with Crippen molar-refractivity contribution in [2.24, 2.45) is 11.8 Å². The standard InChI is InChI=1S/C16H17NO5/c1-8(18)9-4-2-3-5-10(9)17-15(19)13-11-6-7-12(22-11)14(13)16(20)21/h2-5,11-14H,6-7H2,1H3,(H,17,19)(H,20,21)/t11-,12-,13+,14-/m0/s1. The first-order valence-electron chi connectivity index (χ1n) is 7.28. The average molecular weight is 303 g/mol. The Labute approximate surface area is 127 Å². The average Bonchev–Trinajstić information content (AvgIpc) is 3.08. The molecule has 116 valence electrons. The third kappa shape index (κ3) is 2.39. The van der Waals surface area contributed by atoms with Gasteiger partial charge in [0.1, 0.15) is 0 Å². The Morgan fingerprint density at radius 2 is 1.77 bits per heavy atom. The molecule has 1 aromatic rings. The van der Waals surface area contributed by atoms with Crippen LogP contribution < -0.4 is 5.32 Å². The number of ether oxygens (including phenoxy) is 1. The maximum Gasteiger partial charge on any atom is 0.310 e. The Morgan fingerprint density at radius 3 is 2.41 bits per heavy atom. The number of nitrogens with one attached hydrogen (secondary N) is 1. The van der Waals surface area contributed by atoms with Crippen molar-refractivity contribution in [3.8, 4) is 0 Å². The predicted molar refractivity (Wildman–Crippen MR) is 77.6 cm³/mol. The highest BCUT2D eigenvalue weighted by atomic mass is 16.5. The van der Waals surface area contributed by atoms with E-state index in [1.165, 1.54) is 6.92 Å². The van der Waals surface area contributed by atoms with Crippen molar-refractivity contribution in [1.29, 1.82) is 0 Å². The van der Waals surface area contributed by atoms with Crippen LogP contribution in [0.4, 0.5) is 5.69 Å². The molecular weight excluding hydrogens is 286 g/mol. The van der Waals surface area contributed by atoms with Crippen LogP contribution in [0.2, 0.25) is 0 Å². The summed E-state index contributed by atoms with van der Waals surface area (Å²) in [5, 5.41) is 12.0. The van der Waals surface area contributed by atoms with Crippen LogP contribution in [0.15, 0.2) is 24.3 Å². The van der Waals surface area contributed by atoms with Gasteiger partial charge < -0.3 is 15.2 Å². The SMILES string of the molecule is CC(=O)c1ccccc1NC(=O)[C@H]1[C@@H](C(=O)O)[C@@H]2CC[C@@H]1O2. The van der Waals surface area contributed by atoms with E-state index >= 15 is 0 Å². The zero-order valence-electron chi connectivity index (χ0n) is 12.1. The van der Waals surface area contributed by atoms with Crippen molar-refractivity contribution in [3.05, 3.63) is 29.8 Å². The summed E-state index contributed by atoms with van der Waals surface area (Å²) in [5.41, 5.74) is 0.818. The number of Topliss-reactive ketones (excluding diaryl/α,β-unsaturated/α-hetero) is 1. The second-order valence-electron chi connectivity index (χ2n) is 5.77. The molecule has 6 nitrogen and oxygen atoms in total. The summed E-state index contributed by atoms with van der Waals surface area (Å²) >= 11 is 0. The molecule has 0 aliphatic carbocycles. The van der Waals surface area contributed by atoms with Crippen molar-refractivity contribution in [2.45, 2.75) is 32.0 Å². The van der Waals surface area contributed by atoms with E-state index < -0.39 is 23.7 Å². The van der Waals surface area contributed by atoms with Gasteiger partial charge in [0.25, 0.3) is 0 Å². The number of aliphatic carboxylic acids is 1. The summed E-state index contributed by atoms with van der Waals surface area (Å²) < 4.78 is 5.59. The third-order valence-electron chi connectivity index (χ3n) is 4.43. The first kappa shape index (κ1) is 14.7. The number of para-hydroxylation sites is 1. The number of carboxylic acids is 1. The van der Waals surface area contributed by atoms with Crippen LogP contribution in [0, 0.1) is 11.8 Å². The number of carboxylic acid groups (broad SMARTS) is 1. The number of benzene rings is 1. The van der Waals surface area contributed by atoms with Crippen molar-refractivity contribution < 1.29 is 24.2 Å². The second-order valence-corrected chi connectivity index (χ2v) is 5.77. The van der Waals surface area contributed by atoms with Crippen LogP contribution in [0.25, 0.3) is 0 Å². The van der Waals surface area contributed by atoms with Gasteiger partial charge in [0, 0.05) is 5.56 Å². The molecular formula is C16H17NO5. The van der Waals surface area contributed by atoms with Crippen molar-refractivity contribution in [1.82, 2.24) is 0 Å². The van der Waals surface area contributed by atoms with Crippen LogP contribution in [-0.2, 0) is 14.3 Å². The van der Waals surface area contributed by atoms with Crippen molar-refractivity contribution >= 4 is 23.3 Å². The third-order valence-corrected chi connectivity index (χ3v) is 4.43.